The highest BCUT2D eigenvalue weighted by atomic mass is 15.2. The fourth-order valence-electron chi connectivity index (χ4n) is 2.61. The van der Waals surface area contributed by atoms with Crippen LogP contribution in [0.3, 0.4) is 0 Å². The van der Waals surface area contributed by atoms with Crippen LogP contribution in [0.15, 0.2) is 18.2 Å². The molecule has 0 N–H and O–H groups in total. The monoisotopic (exact) mass is 232 g/mol. The predicted octanol–water partition coefficient (Wildman–Crippen LogP) is 2.87. The summed E-state index contributed by atoms with van der Waals surface area (Å²) in [5, 5.41) is 0. The van der Waals surface area contributed by atoms with Crippen LogP contribution in [-0.4, -0.2) is 38.1 Å². The van der Waals surface area contributed by atoms with E-state index in [1.165, 1.54) is 29.9 Å². The molecule has 2 heteroatoms. The summed E-state index contributed by atoms with van der Waals surface area (Å²) in [5.74, 6) is 0.601. The molecule has 0 aliphatic carbocycles. The van der Waals surface area contributed by atoms with E-state index < -0.39 is 0 Å². The third-order valence-corrected chi connectivity index (χ3v) is 3.71. The largest absolute Gasteiger partial charge is 0.369 e. The smallest absolute Gasteiger partial charge is 0.0431 e. The van der Waals surface area contributed by atoms with E-state index >= 15 is 0 Å². The minimum absolute atomic E-state index is 0.601. The predicted molar refractivity (Wildman–Crippen MR) is 75.0 cm³/mol. The van der Waals surface area contributed by atoms with E-state index in [0.717, 1.165) is 13.1 Å². The Hall–Kier alpha value is -1.02. The Labute approximate surface area is 105 Å². The molecule has 0 atom stereocenters. The van der Waals surface area contributed by atoms with Gasteiger partial charge in [0.15, 0.2) is 0 Å². The average Bonchev–Trinajstić information content (AvgIpc) is 2.30. The number of hydrogen-bond acceptors (Lipinski definition) is 2. The number of aryl methyl sites for hydroxylation is 1. The highest BCUT2D eigenvalue weighted by Gasteiger charge is 2.19. The number of piperazine rings is 1. The van der Waals surface area contributed by atoms with Gasteiger partial charge in [0.05, 0.1) is 0 Å². The lowest BCUT2D eigenvalue weighted by Gasteiger charge is -2.36. The van der Waals surface area contributed by atoms with Gasteiger partial charge < -0.3 is 9.80 Å². The number of nitrogens with zero attached hydrogens (tertiary/aromatic N) is 2. The molecule has 0 unspecified atom stereocenters. The summed E-state index contributed by atoms with van der Waals surface area (Å²) in [6.45, 7) is 11.5. The Bertz CT molecular complexity index is 377. The maximum atomic E-state index is 2.56. The summed E-state index contributed by atoms with van der Waals surface area (Å²) >= 11 is 0. The second kappa shape index (κ2) is 5.09. The zero-order valence-corrected chi connectivity index (χ0v) is 11.5. The van der Waals surface area contributed by atoms with Crippen molar-refractivity contribution in [1.82, 2.24) is 4.90 Å². The van der Waals surface area contributed by atoms with Crippen LogP contribution >= 0.6 is 0 Å². The first-order chi connectivity index (χ1) is 8.09. The molecule has 1 aliphatic heterocycles. The maximum Gasteiger partial charge on any atom is 0.0431 e. The number of rotatable bonds is 2. The Morgan fingerprint density at radius 3 is 2.29 bits per heavy atom. The van der Waals surface area contributed by atoms with Gasteiger partial charge in [0.25, 0.3) is 0 Å². The second-order valence-corrected chi connectivity index (χ2v) is 5.46. The number of para-hydroxylation sites is 1. The molecular formula is C15H24N2. The Morgan fingerprint density at radius 2 is 1.71 bits per heavy atom. The van der Waals surface area contributed by atoms with Crippen LogP contribution in [0, 0.1) is 6.92 Å². The molecule has 1 aromatic carbocycles. The van der Waals surface area contributed by atoms with E-state index in [1.807, 2.05) is 0 Å². The first-order valence-electron chi connectivity index (χ1n) is 6.62. The summed E-state index contributed by atoms with van der Waals surface area (Å²) in [6.07, 6.45) is 0. The molecule has 0 saturated carbocycles. The number of hydrogen-bond donors (Lipinski definition) is 0. The van der Waals surface area contributed by atoms with Crippen molar-refractivity contribution in [3.8, 4) is 0 Å². The van der Waals surface area contributed by atoms with Gasteiger partial charge >= 0.3 is 0 Å². The summed E-state index contributed by atoms with van der Waals surface area (Å²) in [4.78, 5) is 4.97. The second-order valence-electron chi connectivity index (χ2n) is 5.46. The summed E-state index contributed by atoms with van der Waals surface area (Å²) in [7, 11) is 2.21. The van der Waals surface area contributed by atoms with Crippen molar-refractivity contribution in [1.29, 1.82) is 0 Å². The van der Waals surface area contributed by atoms with Crippen molar-refractivity contribution in [3.63, 3.8) is 0 Å². The van der Waals surface area contributed by atoms with Gasteiger partial charge in [-0.3, -0.25) is 0 Å². The molecular weight excluding hydrogens is 208 g/mol. The summed E-state index contributed by atoms with van der Waals surface area (Å²) < 4.78 is 0. The van der Waals surface area contributed by atoms with Crippen LogP contribution in [0.25, 0.3) is 0 Å². The van der Waals surface area contributed by atoms with Crippen LogP contribution in [0.2, 0.25) is 0 Å². The highest BCUT2D eigenvalue weighted by Crippen LogP contribution is 2.31. The fourth-order valence-corrected chi connectivity index (χ4v) is 2.61. The van der Waals surface area contributed by atoms with Crippen molar-refractivity contribution in [2.75, 3.05) is 38.1 Å². The third-order valence-electron chi connectivity index (χ3n) is 3.71. The summed E-state index contributed by atoms with van der Waals surface area (Å²) in [6, 6.07) is 6.70. The van der Waals surface area contributed by atoms with Gasteiger partial charge in [-0.05, 0) is 31.0 Å². The molecule has 0 spiro atoms. The first-order valence-corrected chi connectivity index (χ1v) is 6.62. The minimum Gasteiger partial charge on any atom is -0.369 e. The van der Waals surface area contributed by atoms with Gasteiger partial charge in [0, 0.05) is 31.9 Å². The molecule has 94 valence electrons. The maximum absolute atomic E-state index is 2.56. The van der Waals surface area contributed by atoms with Crippen molar-refractivity contribution in [2.24, 2.45) is 0 Å². The van der Waals surface area contributed by atoms with Crippen LogP contribution in [0.1, 0.15) is 30.9 Å². The summed E-state index contributed by atoms with van der Waals surface area (Å²) in [5.41, 5.74) is 4.39. The minimum atomic E-state index is 0.601. The molecule has 1 aromatic rings. The van der Waals surface area contributed by atoms with E-state index in [9.17, 15) is 0 Å². The lowest BCUT2D eigenvalue weighted by atomic mass is 9.97. The quantitative estimate of drug-likeness (QED) is 0.773. The topological polar surface area (TPSA) is 6.48 Å². The van der Waals surface area contributed by atoms with Crippen molar-refractivity contribution < 1.29 is 0 Å². The van der Waals surface area contributed by atoms with Gasteiger partial charge in [0.2, 0.25) is 0 Å². The molecule has 1 saturated heterocycles. The van der Waals surface area contributed by atoms with Gasteiger partial charge in [-0.25, -0.2) is 0 Å². The van der Waals surface area contributed by atoms with Gasteiger partial charge in [-0.1, -0.05) is 32.0 Å². The molecule has 0 amide bonds. The molecule has 0 radical (unpaired) electrons. The Balaban J connectivity index is 2.30. The lowest BCUT2D eigenvalue weighted by Crippen LogP contribution is -2.45. The van der Waals surface area contributed by atoms with Crippen LogP contribution in [0.5, 0.6) is 0 Å². The molecule has 1 fully saturated rings. The van der Waals surface area contributed by atoms with Crippen molar-refractivity contribution >= 4 is 5.69 Å². The zero-order chi connectivity index (χ0) is 12.4. The molecule has 2 rings (SSSR count). The van der Waals surface area contributed by atoms with Crippen LogP contribution in [-0.2, 0) is 0 Å². The normalized spacial score (nSPS) is 17.8. The van der Waals surface area contributed by atoms with E-state index in [2.05, 4.69) is 55.8 Å². The molecule has 1 aliphatic rings. The lowest BCUT2D eigenvalue weighted by molar-refractivity contribution is 0.312. The van der Waals surface area contributed by atoms with E-state index in [0.29, 0.717) is 5.92 Å². The van der Waals surface area contributed by atoms with Gasteiger partial charge in [0.1, 0.15) is 0 Å². The van der Waals surface area contributed by atoms with E-state index in [-0.39, 0.29) is 0 Å². The van der Waals surface area contributed by atoms with Gasteiger partial charge in [-0.2, -0.15) is 0 Å². The molecule has 0 aromatic heterocycles. The average molecular weight is 232 g/mol. The first kappa shape index (κ1) is 12.4. The highest BCUT2D eigenvalue weighted by molar-refractivity contribution is 5.60. The SMILES string of the molecule is Cc1cccc(C(C)C)c1N1CCN(C)CC1. The van der Waals surface area contributed by atoms with Crippen molar-refractivity contribution in [3.05, 3.63) is 29.3 Å². The fraction of sp³-hybridized carbons (Fsp3) is 0.600. The van der Waals surface area contributed by atoms with Crippen molar-refractivity contribution in [2.45, 2.75) is 26.7 Å². The van der Waals surface area contributed by atoms with Crippen LogP contribution in [0.4, 0.5) is 5.69 Å². The zero-order valence-electron chi connectivity index (χ0n) is 11.5. The standard InChI is InChI=1S/C15H24N2/c1-12(2)14-7-5-6-13(3)15(14)17-10-8-16(4)9-11-17/h5-7,12H,8-11H2,1-4H3. The third kappa shape index (κ3) is 2.63. The van der Waals surface area contributed by atoms with E-state index in [1.54, 1.807) is 0 Å². The number of anilines is 1. The molecule has 2 nitrogen and oxygen atoms in total. The molecule has 1 heterocycles. The van der Waals surface area contributed by atoms with Crippen LogP contribution < -0.4 is 4.90 Å². The number of likely N-dealkylation sites (N-methyl/N-ethyl adjacent to an activating group) is 1. The number of benzene rings is 1. The Morgan fingerprint density at radius 1 is 1.06 bits per heavy atom. The van der Waals surface area contributed by atoms with E-state index in [4.69, 9.17) is 0 Å². The Kier molecular flexibility index (Phi) is 3.72. The molecule has 0 bridgehead atoms. The van der Waals surface area contributed by atoms with Gasteiger partial charge in [-0.15, -0.1) is 0 Å². The molecule has 17 heavy (non-hydrogen) atoms.